The van der Waals surface area contributed by atoms with Crippen molar-refractivity contribution in [3.05, 3.63) is 53.9 Å². The summed E-state index contributed by atoms with van der Waals surface area (Å²) in [7, 11) is 0. The van der Waals surface area contributed by atoms with Gasteiger partial charge >= 0.3 is 6.03 Å². The number of benzene rings is 1. The number of ether oxygens (including phenoxy) is 1. The molecule has 9 heteroatoms. The number of hydrogen-bond donors (Lipinski definition) is 2. The molecule has 2 aliphatic heterocycles. The number of hydrogen-bond acceptors (Lipinski definition) is 5. The Bertz CT molecular complexity index is 837. The van der Waals surface area contributed by atoms with Gasteiger partial charge < -0.3 is 19.9 Å². The number of urea groups is 1. The summed E-state index contributed by atoms with van der Waals surface area (Å²) in [6, 6.07) is 2.48. The molecule has 2 N–H and O–H groups in total. The Labute approximate surface area is 175 Å². The van der Waals surface area contributed by atoms with Crippen LogP contribution in [0.2, 0.25) is 0 Å². The van der Waals surface area contributed by atoms with Crippen LogP contribution in [0.25, 0.3) is 0 Å². The normalized spacial score (nSPS) is 19.5. The van der Waals surface area contributed by atoms with Gasteiger partial charge in [0.05, 0.1) is 19.4 Å². The molecular weight excluding hydrogens is 392 g/mol. The summed E-state index contributed by atoms with van der Waals surface area (Å²) in [5.41, 5.74) is 3.49. The van der Waals surface area contributed by atoms with Crippen LogP contribution < -0.4 is 10.7 Å². The Hall–Kier alpha value is -2.94. The summed E-state index contributed by atoms with van der Waals surface area (Å²) < 4.78 is 31.8. The van der Waals surface area contributed by atoms with E-state index in [1.54, 1.807) is 6.21 Å². The van der Waals surface area contributed by atoms with Crippen molar-refractivity contribution in [2.24, 2.45) is 11.0 Å². The maximum absolute atomic E-state index is 13.3. The molecule has 3 rings (SSSR count). The lowest BCUT2D eigenvalue weighted by atomic mass is 10.0. The van der Waals surface area contributed by atoms with Crippen molar-refractivity contribution in [1.29, 1.82) is 0 Å². The number of rotatable bonds is 7. The van der Waals surface area contributed by atoms with Crippen molar-refractivity contribution in [1.82, 2.24) is 15.2 Å². The van der Waals surface area contributed by atoms with Gasteiger partial charge in [-0.25, -0.2) is 19.0 Å². The minimum absolute atomic E-state index is 0.0919. The van der Waals surface area contributed by atoms with Crippen molar-refractivity contribution < 1.29 is 18.3 Å². The zero-order valence-corrected chi connectivity index (χ0v) is 17.0. The Morgan fingerprint density at radius 1 is 1.33 bits per heavy atom. The van der Waals surface area contributed by atoms with Crippen molar-refractivity contribution in [3.8, 4) is 0 Å². The molecule has 1 fully saturated rings. The number of carbonyl (C=O) groups excluding carboxylic acids is 1. The number of anilines is 1. The van der Waals surface area contributed by atoms with Crippen molar-refractivity contribution in [3.63, 3.8) is 0 Å². The molecule has 2 heterocycles. The first kappa shape index (κ1) is 21.8. The zero-order chi connectivity index (χ0) is 21.5. The predicted molar refractivity (Wildman–Crippen MR) is 112 cm³/mol. The molecule has 0 saturated carbocycles. The molecule has 0 aliphatic carbocycles. The van der Waals surface area contributed by atoms with E-state index in [9.17, 15) is 13.6 Å². The molecule has 1 aromatic carbocycles. The van der Waals surface area contributed by atoms with Gasteiger partial charge in [0.25, 0.3) is 0 Å². The summed E-state index contributed by atoms with van der Waals surface area (Å²) in [6.45, 7) is 10.7. The summed E-state index contributed by atoms with van der Waals surface area (Å²) >= 11 is 0. The van der Waals surface area contributed by atoms with Crippen LogP contribution in [-0.2, 0) is 4.74 Å². The fourth-order valence-corrected chi connectivity index (χ4v) is 3.64. The second-order valence-corrected chi connectivity index (χ2v) is 7.12. The maximum Gasteiger partial charge on any atom is 0.339 e. The fourth-order valence-electron chi connectivity index (χ4n) is 3.64. The zero-order valence-electron chi connectivity index (χ0n) is 17.0. The average Bonchev–Trinajstić information content (AvgIpc) is 3.09. The molecule has 1 aromatic rings. The van der Waals surface area contributed by atoms with Gasteiger partial charge in [-0.1, -0.05) is 13.0 Å². The minimum Gasteiger partial charge on any atom is -0.378 e. The van der Waals surface area contributed by atoms with Gasteiger partial charge in [0.1, 0.15) is 5.82 Å². The first-order chi connectivity index (χ1) is 14.5. The number of morpholine rings is 1. The molecule has 162 valence electrons. The van der Waals surface area contributed by atoms with E-state index in [0.717, 1.165) is 56.1 Å². The van der Waals surface area contributed by atoms with E-state index in [4.69, 9.17) is 4.74 Å². The number of carbonyl (C=O) groups is 1. The lowest BCUT2D eigenvalue weighted by molar-refractivity contribution is 0.0397. The third kappa shape index (κ3) is 5.15. The maximum atomic E-state index is 13.3. The topological polar surface area (TPSA) is 69.2 Å². The van der Waals surface area contributed by atoms with E-state index in [1.165, 1.54) is 6.07 Å². The van der Waals surface area contributed by atoms with Crippen LogP contribution in [0.1, 0.15) is 13.3 Å². The highest BCUT2D eigenvalue weighted by Crippen LogP contribution is 2.31. The van der Waals surface area contributed by atoms with E-state index in [0.29, 0.717) is 13.2 Å². The van der Waals surface area contributed by atoms with Crippen LogP contribution >= 0.6 is 0 Å². The Morgan fingerprint density at radius 2 is 2.10 bits per heavy atom. The molecule has 0 aromatic heterocycles. The summed E-state index contributed by atoms with van der Waals surface area (Å²) in [6.07, 6.45) is 4.54. The van der Waals surface area contributed by atoms with Crippen molar-refractivity contribution >= 4 is 17.9 Å². The summed E-state index contributed by atoms with van der Waals surface area (Å²) in [5, 5.41) is 6.50. The number of nitrogens with one attached hydrogen (secondary N) is 2. The molecule has 0 bridgehead atoms. The molecule has 0 radical (unpaired) electrons. The van der Waals surface area contributed by atoms with E-state index >= 15 is 0 Å². The lowest BCUT2D eigenvalue weighted by Crippen LogP contribution is -2.41. The van der Waals surface area contributed by atoms with Gasteiger partial charge in [-0.3, -0.25) is 0 Å². The first-order valence-electron chi connectivity index (χ1n) is 10.0. The molecule has 2 amide bonds. The van der Waals surface area contributed by atoms with Crippen LogP contribution in [0.3, 0.4) is 0 Å². The number of amides is 2. The van der Waals surface area contributed by atoms with E-state index in [1.807, 2.05) is 6.08 Å². The van der Waals surface area contributed by atoms with Crippen molar-refractivity contribution in [2.45, 2.75) is 13.3 Å². The predicted octanol–water partition coefficient (Wildman–Crippen LogP) is 3.14. The molecular formula is C21H27F2N5O2. The van der Waals surface area contributed by atoms with Gasteiger partial charge in [-0.15, -0.1) is 6.58 Å². The van der Waals surface area contributed by atoms with Crippen LogP contribution in [0.5, 0.6) is 0 Å². The summed E-state index contributed by atoms with van der Waals surface area (Å²) in [4.78, 5) is 16.7. The second-order valence-electron chi connectivity index (χ2n) is 7.12. The van der Waals surface area contributed by atoms with Gasteiger partial charge in [0, 0.05) is 49.4 Å². The van der Waals surface area contributed by atoms with Crippen LogP contribution in [0, 0.1) is 17.6 Å². The molecule has 1 saturated heterocycles. The Morgan fingerprint density at radius 3 is 2.77 bits per heavy atom. The van der Waals surface area contributed by atoms with Gasteiger partial charge in [-0.05, 0) is 18.6 Å². The highest BCUT2D eigenvalue weighted by atomic mass is 19.2. The van der Waals surface area contributed by atoms with Crippen LogP contribution in [0.4, 0.5) is 19.3 Å². The third-order valence-electron chi connectivity index (χ3n) is 5.01. The summed E-state index contributed by atoms with van der Waals surface area (Å²) in [5.74, 6) is -0.826. The number of hydrazone groups is 1. The van der Waals surface area contributed by atoms with Gasteiger partial charge in [-0.2, -0.15) is 5.10 Å². The fraction of sp³-hybridized carbons (Fsp3) is 0.429. The standard InChI is InChI=1S/C21H27F2N5O2/c1-3-7-28-14-15(4-2)17(20(28)27-8-10-30-11-9-27)13-24-26-21(29)25-16-5-6-18(22)19(23)12-16/h4-6,12-13,15H,2-3,7-11,14H2,1H3,(H2,25,26,29)/b24-13+. The van der Waals surface area contributed by atoms with Crippen LogP contribution in [0.15, 0.2) is 47.3 Å². The largest absolute Gasteiger partial charge is 0.378 e. The molecule has 1 atom stereocenters. The highest BCUT2D eigenvalue weighted by molar-refractivity contribution is 5.90. The Balaban J connectivity index is 1.73. The smallest absolute Gasteiger partial charge is 0.339 e. The first-order valence-corrected chi connectivity index (χ1v) is 10.0. The monoisotopic (exact) mass is 419 g/mol. The lowest BCUT2D eigenvalue weighted by Gasteiger charge is -2.35. The van der Waals surface area contributed by atoms with Crippen LogP contribution in [-0.4, -0.2) is 61.4 Å². The number of nitrogens with zero attached hydrogens (tertiary/aromatic N) is 3. The quantitative estimate of drug-likeness (QED) is 0.405. The van der Waals surface area contributed by atoms with Gasteiger partial charge in [0.2, 0.25) is 0 Å². The molecule has 30 heavy (non-hydrogen) atoms. The molecule has 2 aliphatic rings. The highest BCUT2D eigenvalue weighted by Gasteiger charge is 2.32. The third-order valence-corrected chi connectivity index (χ3v) is 5.01. The van der Waals surface area contributed by atoms with Crippen molar-refractivity contribution in [2.75, 3.05) is 44.7 Å². The molecule has 1 unspecified atom stereocenters. The van der Waals surface area contributed by atoms with E-state index in [2.05, 4.69) is 39.1 Å². The molecule has 7 nitrogen and oxygen atoms in total. The van der Waals surface area contributed by atoms with E-state index < -0.39 is 17.7 Å². The van der Waals surface area contributed by atoms with Gasteiger partial charge in [0.15, 0.2) is 11.6 Å². The average molecular weight is 419 g/mol. The van der Waals surface area contributed by atoms with E-state index in [-0.39, 0.29) is 11.6 Å². The SMILES string of the molecule is C=CC1CN(CCC)C(N2CCOCC2)=C1/C=N/NC(=O)Nc1ccc(F)c(F)c1. The Kier molecular flexibility index (Phi) is 7.40. The molecule has 0 spiro atoms. The second kappa shape index (κ2) is 10.2. The minimum atomic E-state index is -1.03. The number of halogens is 2.